The van der Waals surface area contributed by atoms with Crippen molar-refractivity contribution in [1.82, 2.24) is 4.90 Å². The van der Waals surface area contributed by atoms with Crippen molar-refractivity contribution in [2.24, 2.45) is 0 Å². The Labute approximate surface area is 147 Å². The fraction of sp³-hybridized carbons (Fsp3) is 0.588. The molecule has 2 rings (SSSR count). The van der Waals surface area contributed by atoms with E-state index in [-0.39, 0.29) is 0 Å². The molecular weight excluding hydrogens is 337 g/mol. The zero-order valence-corrected chi connectivity index (χ0v) is 15.5. The first-order valence-electron chi connectivity index (χ1n) is 7.82. The normalized spacial score (nSPS) is 21.9. The van der Waals surface area contributed by atoms with E-state index < -0.39 is 0 Å². The molecule has 1 aliphatic heterocycles. The van der Waals surface area contributed by atoms with Gasteiger partial charge in [-0.25, -0.2) is 0 Å². The molecule has 0 saturated carbocycles. The number of carbonyl (C=O) groups excluding carboxylic acids is 1. The van der Waals surface area contributed by atoms with E-state index in [9.17, 15) is 4.79 Å². The summed E-state index contributed by atoms with van der Waals surface area (Å²) in [4.78, 5) is 14.5. The Morgan fingerprint density at radius 1 is 1.23 bits per heavy atom. The molecule has 2 atom stereocenters. The van der Waals surface area contributed by atoms with Gasteiger partial charge < -0.3 is 4.90 Å². The number of nitrogens with zero attached hydrogens (tertiary/aromatic N) is 1. The highest BCUT2D eigenvalue weighted by Crippen LogP contribution is 2.26. The summed E-state index contributed by atoms with van der Waals surface area (Å²) in [5.41, 5.74) is 1.14. The van der Waals surface area contributed by atoms with Gasteiger partial charge in [0.15, 0.2) is 0 Å². The van der Waals surface area contributed by atoms with Gasteiger partial charge in [0.1, 0.15) is 0 Å². The van der Waals surface area contributed by atoms with Crippen LogP contribution in [0.15, 0.2) is 18.2 Å². The van der Waals surface area contributed by atoms with Crippen molar-refractivity contribution in [2.45, 2.75) is 57.4 Å². The number of halogens is 2. The van der Waals surface area contributed by atoms with Crippen LogP contribution in [0.4, 0.5) is 0 Å². The van der Waals surface area contributed by atoms with Gasteiger partial charge in [-0.05, 0) is 50.8 Å². The van der Waals surface area contributed by atoms with Gasteiger partial charge in [-0.1, -0.05) is 29.3 Å². The highest BCUT2D eigenvalue weighted by Gasteiger charge is 2.28. The number of carbonyl (C=O) groups is 1. The van der Waals surface area contributed by atoms with Crippen molar-refractivity contribution in [3.05, 3.63) is 33.8 Å². The maximum Gasteiger partial charge on any atom is 0.223 e. The van der Waals surface area contributed by atoms with E-state index in [0.717, 1.165) is 29.9 Å². The average molecular weight is 360 g/mol. The topological polar surface area (TPSA) is 20.3 Å². The Morgan fingerprint density at radius 3 is 2.55 bits per heavy atom. The van der Waals surface area contributed by atoms with Gasteiger partial charge in [0.2, 0.25) is 5.91 Å². The van der Waals surface area contributed by atoms with Gasteiger partial charge in [-0.3, -0.25) is 4.79 Å². The Morgan fingerprint density at radius 2 is 1.91 bits per heavy atom. The monoisotopic (exact) mass is 359 g/mol. The first-order chi connectivity index (χ1) is 10.5. The second-order valence-electron chi connectivity index (χ2n) is 5.98. The van der Waals surface area contributed by atoms with Gasteiger partial charge in [0.25, 0.3) is 0 Å². The third kappa shape index (κ3) is 4.81. The summed E-state index contributed by atoms with van der Waals surface area (Å²) < 4.78 is 0. The predicted octanol–water partition coefficient (Wildman–Crippen LogP) is 5.41. The maximum atomic E-state index is 12.4. The lowest BCUT2D eigenvalue weighted by atomic mass is 9.97. The lowest BCUT2D eigenvalue weighted by Crippen LogP contribution is -2.47. The van der Waals surface area contributed by atoms with Gasteiger partial charge in [0.05, 0.1) is 10.0 Å². The number of piperidine rings is 1. The number of rotatable bonds is 5. The van der Waals surface area contributed by atoms with E-state index in [1.165, 1.54) is 6.42 Å². The molecule has 22 heavy (non-hydrogen) atoms. The molecule has 0 unspecified atom stereocenters. The molecule has 5 heteroatoms. The zero-order chi connectivity index (χ0) is 16.1. The minimum Gasteiger partial charge on any atom is -0.337 e. The van der Waals surface area contributed by atoms with Crippen LogP contribution in [0.2, 0.25) is 10.0 Å². The van der Waals surface area contributed by atoms with Crippen LogP contribution in [0.25, 0.3) is 0 Å². The van der Waals surface area contributed by atoms with Gasteiger partial charge in [-0.2, -0.15) is 11.8 Å². The fourth-order valence-corrected chi connectivity index (χ4v) is 4.22. The number of hydrogen-bond acceptors (Lipinski definition) is 2. The number of likely N-dealkylation sites (tertiary alicyclic amines) is 1. The quantitative estimate of drug-likeness (QED) is 0.655. The van der Waals surface area contributed by atoms with Crippen LogP contribution in [-0.4, -0.2) is 28.6 Å². The van der Waals surface area contributed by atoms with Crippen molar-refractivity contribution in [2.75, 3.05) is 5.75 Å². The predicted molar refractivity (Wildman–Crippen MR) is 96.9 cm³/mol. The summed E-state index contributed by atoms with van der Waals surface area (Å²) in [5, 5.41) is 1.17. The molecular formula is C17H23Cl2NOS. The largest absolute Gasteiger partial charge is 0.337 e. The second kappa shape index (κ2) is 8.47. The van der Waals surface area contributed by atoms with Crippen LogP contribution >= 0.6 is 35.0 Å². The summed E-state index contributed by atoms with van der Waals surface area (Å²) in [6, 6.07) is 6.47. The molecule has 1 aromatic rings. The Kier molecular flexibility index (Phi) is 6.91. The van der Waals surface area contributed by atoms with Crippen LogP contribution in [0.3, 0.4) is 0 Å². The standard InChI is InChI=1S/C17H23Cl2NOS/c1-12-4-3-5-13(2)20(12)17(21)8-9-22-11-14-6-7-15(18)16(19)10-14/h6-7,10,12-13H,3-5,8-9,11H2,1-2H3/t12-,13-/m1/s1. The van der Waals surface area contributed by atoms with Gasteiger partial charge in [0, 0.05) is 30.0 Å². The van der Waals surface area contributed by atoms with Crippen molar-refractivity contribution >= 4 is 40.9 Å². The van der Waals surface area contributed by atoms with Crippen molar-refractivity contribution in [3.63, 3.8) is 0 Å². The highest BCUT2D eigenvalue weighted by atomic mass is 35.5. The average Bonchev–Trinajstić information content (AvgIpc) is 2.47. The fourth-order valence-electron chi connectivity index (χ4n) is 3.02. The summed E-state index contributed by atoms with van der Waals surface area (Å²) >= 11 is 13.7. The Bertz CT molecular complexity index is 513. The molecule has 1 aromatic carbocycles. The van der Waals surface area contributed by atoms with E-state index in [2.05, 4.69) is 18.7 Å². The van der Waals surface area contributed by atoms with E-state index in [1.807, 2.05) is 18.2 Å². The molecule has 1 aliphatic rings. The first-order valence-corrected chi connectivity index (χ1v) is 9.73. The maximum absolute atomic E-state index is 12.4. The summed E-state index contributed by atoms with van der Waals surface area (Å²) in [5.74, 6) is 1.99. The van der Waals surface area contributed by atoms with Crippen molar-refractivity contribution in [1.29, 1.82) is 0 Å². The van der Waals surface area contributed by atoms with Gasteiger partial charge in [-0.15, -0.1) is 0 Å². The van der Waals surface area contributed by atoms with Gasteiger partial charge >= 0.3 is 0 Å². The van der Waals surface area contributed by atoms with Crippen molar-refractivity contribution in [3.8, 4) is 0 Å². The molecule has 1 amide bonds. The summed E-state index contributed by atoms with van der Waals surface area (Å²) in [6.45, 7) is 4.33. The van der Waals surface area contributed by atoms with Crippen LogP contribution in [0.5, 0.6) is 0 Å². The molecule has 0 radical (unpaired) electrons. The summed E-state index contributed by atoms with van der Waals surface area (Å²) in [6.07, 6.45) is 4.11. The lowest BCUT2D eigenvalue weighted by Gasteiger charge is -2.39. The molecule has 0 spiro atoms. The Balaban J connectivity index is 1.76. The van der Waals surface area contributed by atoms with E-state index in [1.54, 1.807) is 11.8 Å². The Hall–Kier alpha value is -0.380. The molecule has 2 nitrogen and oxygen atoms in total. The third-order valence-corrected chi connectivity index (χ3v) is 5.96. The number of thioether (sulfide) groups is 1. The van der Waals surface area contributed by atoms with E-state index >= 15 is 0 Å². The molecule has 1 fully saturated rings. The van der Waals surface area contributed by atoms with Crippen LogP contribution < -0.4 is 0 Å². The summed E-state index contributed by atoms with van der Waals surface area (Å²) in [7, 11) is 0. The highest BCUT2D eigenvalue weighted by molar-refractivity contribution is 7.98. The third-order valence-electron chi connectivity index (χ3n) is 4.19. The lowest BCUT2D eigenvalue weighted by molar-refractivity contribution is -0.136. The molecule has 0 aliphatic carbocycles. The second-order valence-corrected chi connectivity index (χ2v) is 7.90. The molecule has 0 N–H and O–H groups in total. The minimum absolute atomic E-state index is 0.293. The zero-order valence-electron chi connectivity index (χ0n) is 13.1. The molecule has 0 bridgehead atoms. The number of benzene rings is 1. The van der Waals surface area contributed by atoms with Crippen LogP contribution in [0.1, 0.15) is 45.1 Å². The molecule has 122 valence electrons. The van der Waals surface area contributed by atoms with Crippen LogP contribution in [-0.2, 0) is 10.5 Å². The number of hydrogen-bond donors (Lipinski definition) is 0. The minimum atomic E-state index is 0.293. The van der Waals surface area contributed by atoms with Crippen LogP contribution in [0, 0.1) is 0 Å². The smallest absolute Gasteiger partial charge is 0.223 e. The first kappa shape index (κ1) is 18.0. The van der Waals surface area contributed by atoms with Crippen molar-refractivity contribution < 1.29 is 4.79 Å². The number of amides is 1. The van der Waals surface area contributed by atoms with E-state index in [0.29, 0.717) is 34.5 Å². The molecule has 0 aromatic heterocycles. The molecule has 1 heterocycles. The SMILES string of the molecule is C[C@@H]1CCC[C@@H](C)N1C(=O)CCSCc1ccc(Cl)c(Cl)c1. The van der Waals surface area contributed by atoms with E-state index in [4.69, 9.17) is 23.2 Å². The molecule has 1 saturated heterocycles.